The van der Waals surface area contributed by atoms with Gasteiger partial charge in [0.2, 0.25) is 5.91 Å². The third-order valence-electron chi connectivity index (χ3n) is 3.89. The zero-order valence-corrected chi connectivity index (χ0v) is 13.7. The Morgan fingerprint density at radius 1 is 1.04 bits per heavy atom. The van der Waals surface area contributed by atoms with Crippen molar-refractivity contribution < 1.29 is 9.59 Å². The zero-order chi connectivity index (χ0) is 17.5. The number of benzene rings is 2. The molecule has 5 nitrogen and oxygen atoms in total. The molecule has 1 fully saturated rings. The fourth-order valence-electron chi connectivity index (χ4n) is 2.56. The van der Waals surface area contributed by atoms with Crippen LogP contribution in [0.3, 0.4) is 0 Å². The number of hydrogen-bond acceptors (Lipinski definition) is 2. The fraction of sp³-hybridized carbons (Fsp3) is 0.200. The van der Waals surface area contributed by atoms with Gasteiger partial charge in [-0.25, -0.2) is 4.79 Å². The number of anilines is 1. The molecule has 0 aromatic heterocycles. The SMILES string of the molecule is O=C1CCC(NC(=O)Nc2ccccc2C#Cc2ccccc2)CN1. The molecule has 2 aromatic carbocycles. The van der Waals surface area contributed by atoms with Crippen LogP contribution in [0.15, 0.2) is 54.6 Å². The van der Waals surface area contributed by atoms with E-state index < -0.39 is 0 Å². The van der Waals surface area contributed by atoms with Gasteiger partial charge in [-0.2, -0.15) is 0 Å². The highest BCUT2D eigenvalue weighted by Gasteiger charge is 2.19. The van der Waals surface area contributed by atoms with E-state index >= 15 is 0 Å². The van der Waals surface area contributed by atoms with Crippen LogP contribution in [0.25, 0.3) is 0 Å². The Labute approximate surface area is 146 Å². The first-order valence-corrected chi connectivity index (χ1v) is 8.21. The summed E-state index contributed by atoms with van der Waals surface area (Å²) in [6, 6.07) is 16.8. The van der Waals surface area contributed by atoms with Gasteiger partial charge in [-0.15, -0.1) is 0 Å². The van der Waals surface area contributed by atoms with Crippen LogP contribution in [-0.4, -0.2) is 24.5 Å². The number of para-hydroxylation sites is 1. The van der Waals surface area contributed by atoms with Crippen molar-refractivity contribution in [3.8, 4) is 11.8 Å². The van der Waals surface area contributed by atoms with E-state index in [2.05, 4.69) is 27.8 Å². The van der Waals surface area contributed by atoms with Gasteiger partial charge in [0.05, 0.1) is 5.69 Å². The fourth-order valence-corrected chi connectivity index (χ4v) is 2.56. The summed E-state index contributed by atoms with van der Waals surface area (Å²) < 4.78 is 0. The minimum absolute atomic E-state index is 0.0278. The summed E-state index contributed by atoms with van der Waals surface area (Å²) in [7, 11) is 0. The number of carbonyl (C=O) groups is 2. The molecule has 0 radical (unpaired) electrons. The first-order valence-electron chi connectivity index (χ1n) is 8.21. The number of nitrogens with one attached hydrogen (secondary N) is 3. The molecule has 126 valence electrons. The molecule has 0 spiro atoms. The molecular formula is C20H19N3O2. The third-order valence-corrected chi connectivity index (χ3v) is 3.89. The number of amides is 3. The molecule has 1 heterocycles. The molecule has 3 N–H and O–H groups in total. The van der Waals surface area contributed by atoms with Gasteiger partial charge in [0.25, 0.3) is 0 Å². The molecular weight excluding hydrogens is 314 g/mol. The van der Waals surface area contributed by atoms with Crippen molar-refractivity contribution in [1.82, 2.24) is 10.6 Å². The summed E-state index contributed by atoms with van der Waals surface area (Å²) in [5.41, 5.74) is 2.32. The van der Waals surface area contributed by atoms with Gasteiger partial charge in [0.15, 0.2) is 0 Å². The van der Waals surface area contributed by atoms with Crippen molar-refractivity contribution >= 4 is 17.6 Å². The summed E-state index contributed by atoms with van der Waals surface area (Å²) in [5, 5.41) is 8.46. The molecule has 1 aliphatic rings. The summed E-state index contributed by atoms with van der Waals surface area (Å²) in [5.74, 6) is 6.21. The molecule has 0 aliphatic carbocycles. The van der Waals surface area contributed by atoms with Crippen LogP contribution < -0.4 is 16.0 Å². The van der Waals surface area contributed by atoms with E-state index in [1.165, 1.54) is 0 Å². The highest BCUT2D eigenvalue weighted by molar-refractivity contribution is 5.91. The Kier molecular flexibility index (Phi) is 5.32. The Bertz CT molecular complexity index is 812. The van der Waals surface area contributed by atoms with Gasteiger partial charge >= 0.3 is 6.03 Å². The molecule has 0 saturated carbocycles. The lowest BCUT2D eigenvalue weighted by molar-refractivity contribution is -0.122. The van der Waals surface area contributed by atoms with Gasteiger partial charge < -0.3 is 16.0 Å². The Balaban J connectivity index is 1.66. The maximum atomic E-state index is 12.2. The molecule has 1 aliphatic heterocycles. The van der Waals surface area contributed by atoms with Crippen molar-refractivity contribution in [2.24, 2.45) is 0 Å². The van der Waals surface area contributed by atoms with E-state index in [0.717, 1.165) is 11.1 Å². The van der Waals surface area contributed by atoms with Crippen molar-refractivity contribution in [1.29, 1.82) is 0 Å². The largest absolute Gasteiger partial charge is 0.354 e. The quantitative estimate of drug-likeness (QED) is 0.739. The van der Waals surface area contributed by atoms with Crippen molar-refractivity contribution in [3.05, 3.63) is 65.7 Å². The minimum Gasteiger partial charge on any atom is -0.354 e. The van der Waals surface area contributed by atoms with Crippen LogP contribution in [-0.2, 0) is 4.79 Å². The molecule has 5 heteroatoms. The lowest BCUT2D eigenvalue weighted by Gasteiger charge is -2.23. The summed E-state index contributed by atoms with van der Waals surface area (Å²) >= 11 is 0. The van der Waals surface area contributed by atoms with Crippen molar-refractivity contribution in [3.63, 3.8) is 0 Å². The topological polar surface area (TPSA) is 70.2 Å². The normalized spacial score (nSPS) is 16.2. The van der Waals surface area contributed by atoms with Gasteiger partial charge in [-0.05, 0) is 30.7 Å². The zero-order valence-electron chi connectivity index (χ0n) is 13.7. The monoisotopic (exact) mass is 333 g/mol. The van der Waals surface area contributed by atoms with Crippen LogP contribution in [0, 0.1) is 11.8 Å². The van der Waals surface area contributed by atoms with Crippen molar-refractivity contribution in [2.75, 3.05) is 11.9 Å². The lowest BCUT2D eigenvalue weighted by atomic mass is 10.1. The second-order valence-corrected chi connectivity index (χ2v) is 5.80. The average Bonchev–Trinajstić information content (AvgIpc) is 2.64. The second-order valence-electron chi connectivity index (χ2n) is 5.80. The van der Waals surface area contributed by atoms with Crippen LogP contribution in [0.2, 0.25) is 0 Å². The lowest BCUT2D eigenvalue weighted by Crippen LogP contribution is -2.48. The van der Waals surface area contributed by atoms with Crippen LogP contribution in [0.4, 0.5) is 10.5 Å². The molecule has 1 unspecified atom stereocenters. The first kappa shape index (κ1) is 16.6. The smallest absolute Gasteiger partial charge is 0.319 e. The molecule has 25 heavy (non-hydrogen) atoms. The number of carbonyl (C=O) groups excluding carboxylic acids is 2. The third kappa shape index (κ3) is 4.85. The second kappa shape index (κ2) is 8.02. The Morgan fingerprint density at radius 2 is 1.80 bits per heavy atom. The van der Waals surface area contributed by atoms with E-state index in [1.54, 1.807) is 0 Å². The molecule has 3 rings (SSSR count). The number of rotatable bonds is 2. The number of piperidine rings is 1. The summed E-state index contributed by atoms with van der Waals surface area (Å²) in [6.07, 6.45) is 1.08. The number of urea groups is 1. The van der Waals surface area contributed by atoms with Gasteiger partial charge in [0, 0.05) is 30.1 Å². The molecule has 1 saturated heterocycles. The van der Waals surface area contributed by atoms with Gasteiger partial charge in [-0.3, -0.25) is 4.79 Å². The Morgan fingerprint density at radius 3 is 2.56 bits per heavy atom. The van der Waals surface area contributed by atoms with Crippen LogP contribution >= 0.6 is 0 Å². The predicted octanol–water partition coefficient (Wildman–Crippen LogP) is 2.49. The first-order chi connectivity index (χ1) is 12.2. The highest BCUT2D eigenvalue weighted by Crippen LogP contribution is 2.14. The maximum absolute atomic E-state index is 12.2. The Hall–Kier alpha value is -3.26. The minimum atomic E-state index is -0.296. The van der Waals surface area contributed by atoms with E-state index in [-0.39, 0.29) is 18.0 Å². The summed E-state index contributed by atoms with van der Waals surface area (Å²) in [4.78, 5) is 23.4. The van der Waals surface area contributed by atoms with Gasteiger partial charge in [0.1, 0.15) is 0 Å². The molecule has 1 atom stereocenters. The molecule has 2 aromatic rings. The van der Waals surface area contributed by atoms with E-state index in [1.807, 2.05) is 54.6 Å². The van der Waals surface area contributed by atoms with Crippen LogP contribution in [0.1, 0.15) is 24.0 Å². The standard InChI is InChI=1S/C20H19N3O2/c24-19-13-12-17(14-21-19)22-20(25)23-18-9-5-4-8-16(18)11-10-15-6-2-1-3-7-15/h1-9,17H,12-14H2,(H,21,24)(H2,22,23,25). The predicted molar refractivity (Wildman–Crippen MR) is 97.1 cm³/mol. The molecule has 0 bridgehead atoms. The summed E-state index contributed by atoms with van der Waals surface area (Å²) in [6.45, 7) is 0.460. The van der Waals surface area contributed by atoms with E-state index in [0.29, 0.717) is 25.1 Å². The number of hydrogen-bond donors (Lipinski definition) is 3. The molecule has 3 amide bonds. The van der Waals surface area contributed by atoms with E-state index in [4.69, 9.17) is 0 Å². The van der Waals surface area contributed by atoms with E-state index in [9.17, 15) is 9.59 Å². The van der Waals surface area contributed by atoms with Gasteiger partial charge in [-0.1, -0.05) is 42.2 Å². The highest BCUT2D eigenvalue weighted by atomic mass is 16.2. The average molecular weight is 333 g/mol. The van der Waals surface area contributed by atoms with Crippen molar-refractivity contribution in [2.45, 2.75) is 18.9 Å². The maximum Gasteiger partial charge on any atom is 0.319 e. The van der Waals surface area contributed by atoms with Crippen LogP contribution in [0.5, 0.6) is 0 Å².